The summed E-state index contributed by atoms with van der Waals surface area (Å²) in [4.78, 5) is 11.8. The average Bonchev–Trinajstić information content (AvgIpc) is 2.49. The Labute approximate surface area is 132 Å². The van der Waals surface area contributed by atoms with Crippen LogP contribution in [-0.2, 0) is 4.79 Å². The van der Waals surface area contributed by atoms with Crippen molar-refractivity contribution in [3.05, 3.63) is 29.3 Å². The fraction of sp³-hybridized carbons (Fsp3) is 0.611. The quantitative estimate of drug-likeness (QED) is 0.849. The molecular formula is C18H27NO3. The maximum absolute atomic E-state index is 11.8. The Hall–Kier alpha value is -1.55. The number of carbonyl (C=O) groups is 1. The molecule has 1 fully saturated rings. The van der Waals surface area contributed by atoms with Crippen LogP contribution in [0.3, 0.4) is 0 Å². The summed E-state index contributed by atoms with van der Waals surface area (Å²) in [6, 6.07) is 5.96. The largest absolute Gasteiger partial charge is 0.493 e. The van der Waals surface area contributed by atoms with Crippen LogP contribution in [-0.4, -0.2) is 30.3 Å². The summed E-state index contributed by atoms with van der Waals surface area (Å²) >= 11 is 0. The first-order valence-electron chi connectivity index (χ1n) is 8.19. The van der Waals surface area contributed by atoms with Gasteiger partial charge in [0.25, 0.3) is 0 Å². The lowest BCUT2D eigenvalue weighted by atomic mass is 9.87. The summed E-state index contributed by atoms with van der Waals surface area (Å²) in [5, 5.41) is 12.6. The van der Waals surface area contributed by atoms with E-state index in [4.69, 9.17) is 4.74 Å². The summed E-state index contributed by atoms with van der Waals surface area (Å²) in [7, 11) is 0. The summed E-state index contributed by atoms with van der Waals surface area (Å²) in [5.74, 6) is 1.24. The highest BCUT2D eigenvalue weighted by molar-refractivity contribution is 5.75. The topological polar surface area (TPSA) is 58.6 Å². The number of carbonyl (C=O) groups excluding carboxylic acids is 1. The molecule has 0 aliphatic heterocycles. The van der Waals surface area contributed by atoms with E-state index >= 15 is 0 Å². The predicted octanol–water partition coefficient (Wildman–Crippen LogP) is 2.74. The number of rotatable bonds is 6. The standard InChI is InChI=1S/C18H27NO3/c1-13-6-7-17(10-14(13)2)22-9-8-18(21)19-12-15-4-3-5-16(20)11-15/h6-7,10,15-16,20H,3-5,8-9,11-12H2,1-2H3,(H,19,21). The second-order valence-corrected chi connectivity index (χ2v) is 6.34. The van der Waals surface area contributed by atoms with Gasteiger partial charge in [0.15, 0.2) is 0 Å². The first-order chi connectivity index (χ1) is 10.5. The molecule has 1 saturated carbocycles. The van der Waals surface area contributed by atoms with E-state index in [-0.39, 0.29) is 12.0 Å². The third kappa shape index (κ3) is 5.34. The second kappa shape index (κ2) is 8.18. The Morgan fingerprint density at radius 3 is 2.86 bits per heavy atom. The van der Waals surface area contributed by atoms with Gasteiger partial charge in [-0.25, -0.2) is 0 Å². The van der Waals surface area contributed by atoms with Gasteiger partial charge in [-0.1, -0.05) is 12.5 Å². The predicted molar refractivity (Wildman–Crippen MR) is 87.0 cm³/mol. The van der Waals surface area contributed by atoms with E-state index in [0.29, 0.717) is 25.5 Å². The van der Waals surface area contributed by atoms with Gasteiger partial charge in [0.05, 0.1) is 19.1 Å². The number of aliphatic hydroxyl groups is 1. The molecular weight excluding hydrogens is 278 g/mol. The zero-order chi connectivity index (χ0) is 15.9. The molecule has 0 aromatic heterocycles. The molecule has 0 spiro atoms. The molecule has 2 atom stereocenters. The van der Waals surface area contributed by atoms with Crippen molar-refractivity contribution in [2.24, 2.45) is 5.92 Å². The lowest BCUT2D eigenvalue weighted by Crippen LogP contribution is -2.33. The highest BCUT2D eigenvalue weighted by Crippen LogP contribution is 2.23. The molecule has 4 nitrogen and oxygen atoms in total. The molecule has 1 aromatic rings. The van der Waals surface area contributed by atoms with Gasteiger partial charge < -0.3 is 15.2 Å². The van der Waals surface area contributed by atoms with E-state index in [1.54, 1.807) is 0 Å². The maximum atomic E-state index is 11.8. The van der Waals surface area contributed by atoms with E-state index in [1.165, 1.54) is 11.1 Å². The van der Waals surface area contributed by atoms with Crippen molar-refractivity contribution >= 4 is 5.91 Å². The number of hydrogen-bond acceptors (Lipinski definition) is 3. The van der Waals surface area contributed by atoms with Gasteiger partial charge in [-0.05, 0) is 62.3 Å². The molecule has 0 saturated heterocycles. The van der Waals surface area contributed by atoms with E-state index < -0.39 is 0 Å². The van der Waals surface area contributed by atoms with Crippen LogP contribution < -0.4 is 10.1 Å². The van der Waals surface area contributed by atoms with Gasteiger partial charge in [0.1, 0.15) is 5.75 Å². The van der Waals surface area contributed by atoms with Gasteiger partial charge in [-0.3, -0.25) is 4.79 Å². The Morgan fingerprint density at radius 1 is 1.32 bits per heavy atom. The molecule has 2 N–H and O–H groups in total. The molecule has 1 amide bonds. The Bertz CT molecular complexity index is 501. The first-order valence-corrected chi connectivity index (χ1v) is 8.19. The first kappa shape index (κ1) is 16.8. The van der Waals surface area contributed by atoms with Crippen LogP contribution in [0.2, 0.25) is 0 Å². The minimum Gasteiger partial charge on any atom is -0.493 e. The number of ether oxygens (including phenoxy) is 1. The average molecular weight is 305 g/mol. The molecule has 1 aromatic carbocycles. The third-order valence-corrected chi connectivity index (χ3v) is 4.42. The lowest BCUT2D eigenvalue weighted by Gasteiger charge is -2.25. The smallest absolute Gasteiger partial charge is 0.223 e. The Balaban J connectivity index is 1.64. The van der Waals surface area contributed by atoms with E-state index in [1.807, 2.05) is 25.1 Å². The van der Waals surface area contributed by atoms with E-state index in [0.717, 1.165) is 31.4 Å². The number of aryl methyl sites for hydroxylation is 2. The second-order valence-electron chi connectivity index (χ2n) is 6.34. The van der Waals surface area contributed by atoms with Crippen molar-refractivity contribution in [3.63, 3.8) is 0 Å². The van der Waals surface area contributed by atoms with Crippen LogP contribution in [0.5, 0.6) is 5.75 Å². The summed E-state index contributed by atoms with van der Waals surface area (Å²) in [6.45, 7) is 5.17. The van der Waals surface area contributed by atoms with Crippen molar-refractivity contribution in [2.75, 3.05) is 13.2 Å². The lowest BCUT2D eigenvalue weighted by molar-refractivity contribution is -0.121. The molecule has 4 heteroatoms. The molecule has 0 bridgehead atoms. The van der Waals surface area contributed by atoms with Crippen molar-refractivity contribution < 1.29 is 14.6 Å². The van der Waals surface area contributed by atoms with Crippen LogP contribution in [0.1, 0.15) is 43.2 Å². The minimum atomic E-state index is -0.191. The van der Waals surface area contributed by atoms with Crippen molar-refractivity contribution in [1.82, 2.24) is 5.32 Å². The zero-order valence-corrected chi connectivity index (χ0v) is 13.6. The van der Waals surface area contributed by atoms with Gasteiger partial charge in [-0.2, -0.15) is 0 Å². The van der Waals surface area contributed by atoms with Gasteiger partial charge >= 0.3 is 0 Å². The molecule has 0 heterocycles. The van der Waals surface area contributed by atoms with Crippen molar-refractivity contribution in [1.29, 1.82) is 0 Å². The molecule has 2 unspecified atom stereocenters. The maximum Gasteiger partial charge on any atom is 0.223 e. The summed E-state index contributed by atoms with van der Waals surface area (Å²) in [6.07, 6.45) is 4.02. The fourth-order valence-electron chi connectivity index (χ4n) is 2.86. The molecule has 122 valence electrons. The molecule has 2 rings (SSSR count). The third-order valence-electron chi connectivity index (χ3n) is 4.42. The van der Waals surface area contributed by atoms with E-state index in [2.05, 4.69) is 12.2 Å². The molecule has 0 radical (unpaired) electrons. The van der Waals surface area contributed by atoms with Crippen LogP contribution in [0.25, 0.3) is 0 Å². The monoisotopic (exact) mass is 305 g/mol. The van der Waals surface area contributed by atoms with Crippen molar-refractivity contribution in [2.45, 2.75) is 52.1 Å². The number of nitrogens with one attached hydrogen (secondary N) is 1. The van der Waals surface area contributed by atoms with Crippen LogP contribution >= 0.6 is 0 Å². The van der Waals surface area contributed by atoms with Crippen LogP contribution in [0, 0.1) is 19.8 Å². The number of amides is 1. The molecule has 1 aliphatic rings. The SMILES string of the molecule is Cc1ccc(OCCC(=O)NCC2CCCC(O)C2)cc1C. The zero-order valence-electron chi connectivity index (χ0n) is 13.6. The van der Waals surface area contributed by atoms with Crippen molar-refractivity contribution in [3.8, 4) is 5.75 Å². The number of aliphatic hydroxyl groups excluding tert-OH is 1. The van der Waals surface area contributed by atoms with Crippen LogP contribution in [0.15, 0.2) is 18.2 Å². The summed E-state index contributed by atoms with van der Waals surface area (Å²) in [5.41, 5.74) is 2.43. The van der Waals surface area contributed by atoms with Gasteiger partial charge in [0, 0.05) is 6.54 Å². The summed E-state index contributed by atoms with van der Waals surface area (Å²) < 4.78 is 5.62. The number of hydrogen-bond donors (Lipinski definition) is 2. The van der Waals surface area contributed by atoms with Gasteiger partial charge in [0.2, 0.25) is 5.91 Å². The van der Waals surface area contributed by atoms with Gasteiger partial charge in [-0.15, -0.1) is 0 Å². The molecule has 22 heavy (non-hydrogen) atoms. The highest BCUT2D eigenvalue weighted by atomic mass is 16.5. The minimum absolute atomic E-state index is 0.0175. The highest BCUT2D eigenvalue weighted by Gasteiger charge is 2.20. The van der Waals surface area contributed by atoms with Crippen LogP contribution in [0.4, 0.5) is 0 Å². The van der Waals surface area contributed by atoms with E-state index in [9.17, 15) is 9.90 Å². The number of benzene rings is 1. The normalized spacial score (nSPS) is 21.4. The fourth-order valence-corrected chi connectivity index (χ4v) is 2.86. The Morgan fingerprint density at radius 2 is 2.14 bits per heavy atom. The Kier molecular flexibility index (Phi) is 6.25. The molecule has 1 aliphatic carbocycles.